The molecule has 4 N–H and O–H groups in total. The van der Waals surface area contributed by atoms with E-state index in [-0.39, 0.29) is 0 Å². The molecule has 0 bridgehead atoms. The van der Waals surface area contributed by atoms with Crippen LogP contribution >= 0.6 is 0 Å². The molecule has 0 radical (unpaired) electrons. The predicted octanol–water partition coefficient (Wildman–Crippen LogP) is 1.53. The molecule has 18 heavy (non-hydrogen) atoms. The van der Waals surface area contributed by atoms with Gasteiger partial charge in [0.25, 0.3) is 0 Å². The number of ether oxygens (including phenoxy) is 1. The van der Waals surface area contributed by atoms with E-state index in [4.69, 9.17) is 16.2 Å². The number of nitrogens with two attached hydrogens (primary N) is 2. The Morgan fingerprint density at radius 3 is 2.67 bits per heavy atom. The molecule has 0 atom stereocenters. The van der Waals surface area contributed by atoms with E-state index in [1.54, 1.807) is 4.68 Å². The topological polar surface area (TPSA) is 79.1 Å². The second kappa shape index (κ2) is 5.10. The fraction of sp³-hybridized carbons (Fsp3) is 0.308. The fourth-order valence-corrected chi connectivity index (χ4v) is 1.83. The van der Waals surface area contributed by atoms with E-state index in [1.807, 2.05) is 38.2 Å². The van der Waals surface area contributed by atoms with Crippen LogP contribution in [-0.2, 0) is 13.6 Å². The van der Waals surface area contributed by atoms with Gasteiger partial charge in [0.1, 0.15) is 5.75 Å². The predicted molar refractivity (Wildman–Crippen MR) is 72.1 cm³/mol. The zero-order valence-electron chi connectivity index (χ0n) is 10.7. The first-order valence-corrected chi connectivity index (χ1v) is 5.91. The minimum atomic E-state index is 0.468. The van der Waals surface area contributed by atoms with Crippen molar-refractivity contribution in [2.24, 2.45) is 12.8 Å². The summed E-state index contributed by atoms with van der Waals surface area (Å²) in [6.07, 6.45) is 0. The molecule has 0 saturated carbocycles. The van der Waals surface area contributed by atoms with Gasteiger partial charge in [0.2, 0.25) is 0 Å². The molecule has 5 nitrogen and oxygen atoms in total. The summed E-state index contributed by atoms with van der Waals surface area (Å²) in [6, 6.07) is 7.65. The lowest BCUT2D eigenvalue weighted by atomic mass is 10.1. The average molecular weight is 246 g/mol. The molecule has 0 spiro atoms. The molecule has 5 heteroatoms. The van der Waals surface area contributed by atoms with Gasteiger partial charge in [-0.25, -0.2) is 0 Å². The molecule has 0 aliphatic carbocycles. The van der Waals surface area contributed by atoms with Gasteiger partial charge >= 0.3 is 0 Å². The van der Waals surface area contributed by atoms with Gasteiger partial charge < -0.3 is 16.2 Å². The highest BCUT2D eigenvalue weighted by atomic mass is 16.5. The summed E-state index contributed by atoms with van der Waals surface area (Å²) in [5.41, 5.74) is 15.0. The molecule has 0 fully saturated rings. The smallest absolute Gasteiger partial charge is 0.142 e. The quantitative estimate of drug-likeness (QED) is 0.802. The van der Waals surface area contributed by atoms with Gasteiger partial charge in [0.05, 0.1) is 23.7 Å². The molecule has 0 aliphatic heterocycles. The molecular weight excluding hydrogens is 228 g/mol. The maximum Gasteiger partial charge on any atom is 0.142 e. The monoisotopic (exact) mass is 246 g/mol. The van der Waals surface area contributed by atoms with E-state index in [2.05, 4.69) is 5.10 Å². The SMILES string of the molecule is CCOc1ccc(-c2cc(CN)n(C)n2)cc1N. The highest BCUT2D eigenvalue weighted by Gasteiger charge is 2.08. The highest BCUT2D eigenvalue weighted by Crippen LogP contribution is 2.28. The molecule has 0 saturated heterocycles. The number of hydrogen-bond donors (Lipinski definition) is 2. The number of anilines is 1. The third-order valence-corrected chi connectivity index (χ3v) is 2.79. The van der Waals surface area contributed by atoms with Crippen LogP contribution in [-0.4, -0.2) is 16.4 Å². The summed E-state index contributed by atoms with van der Waals surface area (Å²) in [5.74, 6) is 0.705. The van der Waals surface area contributed by atoms with Crippen molar-refractivity contribution in [2.75, 3.05) is 12.3 Å². The summed E-state index contributed by atoms with van der Waals surface area (Å²) in [7, 11) is 1.88. The van der Waals surface area contributed by atoms with Crippen LogP contribution < -0.4 is 16.2 Å². The first-order chi connectivity index (χ1) is 8.65. The zero-order valence-corrected chi connectivity index (χ0v) is 10.7. The maximum absolute atomic E-state index is 5.94. The summed E-state index contributed by atoms with van der Waals surface area (Å²) in [6.45, 7) is 3.00. The fourth-order valence-electron chi connectivity index (χ4n) is 1.83. The standard InChI is InChI=1S/C13H18N4O/c1-3-18-13-5-4-9(6-11(13)15)12-7-10(8-14)17(2)16-12/h4-7H,3,8,14-15H2,1-2H3. The van der Waals surface area contributed by atoms with Crippen LogP contribution in [0.2, 0.25) is 0 Å². The van der Waals surface area contributed by atoms with E-state index in [0.717, 1.165) is 17.0 Å². The summed E-state index contributed by atoms with van der Waals surface area (Å²) >= 11 is 0. The molecular formula is C13H18N4O. The number of nitrogen functional groups attached to an aromatic ring is 1. The summed E-state index contributed by atoms with van der Waals surface area (Å²) < 4.78 is 7.19. The number of aromatic nitrogens is 2. The Morgan fingerprint density at radius 2 is 2.11 bits per heavy atom. The van der Waals surface area contributed by atoms with Crippen LogP contribution in [0.25, 0.3) is 11.3 Å². The van der Waals surface area contributed by atoms with Gasteiger partial charge in [-0.2, -0.15) is 5.10 Å². The van der Waals surface area contributed by atoms with Gasteiger partial charge in [-0.1, -0.05) is 0 Å². The van der Waals surface area contributed by atoms with Crippen LogP contribution in [0.1, 0.15) is 12.6 Å². The normalized spacial score (nSPS) is 10.6. The minimum absolute atomic E-state index is 0.468. The third kappa shape index (κ3) is 2.31. The van der Waals surface area contributed by atoms with E-state index < -0.39 is 0 Å². The molecule has 2 rings (SSSR count). The number of rotatable bonds is 4. The first-order valence-electron chi connectivity index (χ1n) is 5.91. The van der Waals surface area contributed by atoms with Crippen molar-refractivity contribution in [1.82, 2.24) is 9.78 Å². The van der Waals surface area contributed by atoms with Gasteiger partial charge in [0.15, 0.2) is 0 Å². The molecule has 1 aromatic carbocycles. The Morgan fingerprint density at radius 1 is 1.33 bits per heavy atom. The Kier molecular flexibility index (Phi) is 3.53. The lowest BCUT2D eigenvalue weighted by molar-refractivity contribution is 0.342. The molecule has 1 aromatic heterocycles. The van der Waals surface area contributed by atoms with Crippen molar-refractivity contribution >= 4 is 5.69 Å². The summed E-state index contributed by atoms with van der Waals surface area (Å²) in [5, 5.41) is 4.41. The van der Waals surface area contributed by atoms with Crippen molar-refractivity contribution in [2.45, 2.75) is 13.5 Å². The number of benzene rings is 1. The van der Waals surface area contributed by atoms with Crippen LogP contribution in [0.3, 0.4) is 0 Å². The van der Waals surface area contributed by atoms with Crippen molar-refractivity contribution in [3.8, 4) is 17.0 Å². The molecule has 2 aromatic rings. The number of hydrogen-bond acceptors (Lipinski definition) is 4. The second-order valence-electron chi connectivity index (χ2n) is 4.03. The van der Waals surface area contributed by atoms with Crippen LogP contribution in [0.5, 0.6) is 5.75 Å². The van der Waals surface area contributed by atoms with Crippen molar-refractivity contribution in [3.63, 3.8) is 0 Å². The molecule has 0 amide bonds. The highest BCUT2D eigenvalue weighted by molar-refractivity contribution is 5.68. The molecule has 0 unspecified atom stereocenters. The molecule has 96 valence electrons. The van der Waals surface area contributed by atoms with E-state index >= 15 is 0 Å². The Hall–Kier alpha value is -2.01. The summed E-state index contributed by atoms with van der Waals surface area (Å²) in [4.78, 5) is 0. The lowest BCUT2D eigenvalue weighted by Gasteiger charge is -2.07. The van der Waals surface area contributed by atoms with E-state index in [9.17, 15) is 0 Å². The van der Waals surface area contributed by atoms with Gasteiger partial charge in [-0.3, -0.25) is 4.68 Å². The maximum atomic E-state index is 5.94. The van der Waals surface area contributed by atoms with Crippen molar-refractivity contribution < 1.29 is 4.74 Å². The van der Waals surface area contributed by atoms with E-state index in [0.29, 0.717) is 24.6 Å². The minimum Gasteiger partial charge on any atom is -0.492 e. The number of aryl methyl sites for hydroxylation is 1. The van der Waals surface area contributed by atoms with E-state index in [1.165, 1.54) is 0 Å². The van der Waals surface area contributed by atoms with Crippen molar-refractivity contribution in [1.29, 1.82) is 0 Å². The van der Waals surface area contributed by atoms with Crippen LogP contribution in [0.4, 0.5) is 5.69 Å². The first kappa shape index (κ1) is 12.4. The van der Waals surface area contributed by atoms with Gasteiger partial charge in [-0.15, -0.1) is 0 Å². The lowest BCUT2D eigenvalue weighted by Crippen LogP contribution is -2.03. The van der Waals surface area contributed by atoms with Crippen LogP contribution in [0, 0.1) is 0 Å². The van der Waals surface area contributed by atoms with Crippen molar-refractivity contribution in [3.05, 3.63) is 30.0 Å². The zero-order chi connectivity index (χ0) is 13.1. The van der Waals surface area contributed by atoms with Gasteiger partial charge in [0, 0.05) is 19.2 Å². The number of nitrogens with zero attached hydrogens (tertiary/aromatic N) is 2. The van der Waals surface area contributed by atoms with Gasteiger partial charge in [-0.05, 0) is 31.2 Å². The Balaban J connectivity index is 2.35. The molecule has 0 aliphatic rings. The second-order valence-corrected chi connectivity index (χ2v) is 4.03. The largest absolute Gasteiger partial charge is 0.492 e. The Bertz CT molecular complexity index is 548. The average Bonchev–Trinajstić information content (AvgIpc) is 2.73. The third-order valence-electron chi connectivity index (χ3n) is 2.79. The molecule has 1 heterocycles. The van der Waals surface area contributed by atoms with Crippen LogP contribution in [0.15, 0.2) is 24.3 Å². The Labute approximate surface area is 106 Å².